The Morgan fingerprint density at radius 1 is 0.607 bits per heavy atom. The van der Waals surface area contributed by atoms with Crippen molar-refractivity contribution >= 4 is 17.7 Å². The van der Waals surface area contributed by atoms with Gasteiger partial charge in [-0.3, -0.25) is 14.4 Å². The number of carboxylic acid groups (broad SMARTS) is 1. The van der Waals surface area contributed by atoms with Crippen molar-refractivity contribution in [2.75, 3.05) is 13.1 Å². The highest BCUT2D eigenvalue weighted by molar-refractivity contribution is 5.88. The van der Waals surface area contributed by atoms with Crippen LogP contribution in [0.25, 0.3) is 0 Å². The quantitative estimate of drug-likeness (QED) is 0.265. The van der Waals surface area contributed by atoms with Crippen molar-refractivity contribution < 1.29 is 19.5 Å². The van der Waals surface area contributed by atoms with Crippen LogP contribution in [0, 0.1) is 0 Å². The van der Waals surface area contributed by atoms with Gasteiger partial charge in [0.1, 0.15) is 6.54 Å². The second-order valence-electron chi connectivity index (χ2n) is 7.92. The maximum absolute atomic E-state index is 12.3. The monoisotopic (exact) mass is 397 g/mol. The summed E-state index contributed by atoms with van der Waals surface area (Å²) in [6.07, 6.45) is 16.5. The zero-order valence-electron chi connectivity index (χ0n) is 18.3. The maximum Gasteiger partial charge on any atom is 0.323 e. The predicted octanol–water partition coefficient (Wildman–Crippen LogP) is 5.75. The molecule has 0 aliphatic carbocycles. The van der Waals surface area contributed by atoms with Crippen molar-refractivity contribution in [1.29, 1.82) is 0 Å². The fraction of sp³-hybridized carbons (Fsp3) is 0.870. The Morgan fingerprint density at radius 3 is 1.50 bits per heavy atom. The molecule has 0 atom stereocenters. The summed E-state index contributed by atoms with van der Waals surface area (Å²) in [5, 5.41) is 9.05. The molecule has 0 saturated heterocycles. The molecule has 0 heterocycles. The summed E-state index contributed by atoms with van der Waals surface area (Å²) in [6.45, 7) is 3.94. The normalized spacial score (nSPS) is 10.8. The number of unbranched alkanes of at least 4 members (excludes halogenated alkanes) is 12. The second-order valence-corrected chi connectivity index (χ2v) is 7.92. The lowest BCUT2D eigenvalue weighted by Gasteiger charge is -2.20. The van der Waals surface area contributed by atoms with Crippen LogP contribution in [0.15, 0.2) is 0 Å². The molecule has 0 aliphatic rings. The van der Waals surface area contributed by atoms with Gasteiger partial charge in [0.05, 0.1) is 6.54 Å². The number of ketones is 1. The van der Waals surface area contributed by atoms with Gasteiger partial charge in [-0.2, -0.15) is 0 Å². The van der Waals surface area contributed by atoms with Crippen LogP contribution in [0.3, 0.4) is 0 Å². The third-order valence-corrected chi connectivity index (χ3v) is 5.10. The van der Waals surface area contributed by atoms with E-state index >= 15 is 0 Å². The number of Topliss-reactive ketones (excluding diaryl/α,β-unsaturated/α-hetero) is 1. The number of hydrogen-bond acceptors (Lipinski definition) is 3. The van der Waals surface area contributed by atoms with E-state index in [1.807, 2.05) is 0 Å². The van der Waals surface area contributed by atoms with Crippen molar-refractivity contribution in [3.05, 3.63) is 0 Å². The molecule has 0 saturated carbocycles. The number of aliphatic carboxylic acids is 1. The minimum absolute atomic E-state index is 0.0253. The van der Waals surface area contributed by atoms with E-state index < -0.39 is 5.97 Å². The van der Waals surface area contributed by atoms with Gasteiger partial charge in [0, 0.05) is 12.8 Å². The summed E-state index contributed by atoms with van der Waals surface area (Å²) < 4.78 is 0. The zero-order valence-corrected chi connectivity index (χ0v) is 18.3. The lowest BCUT2D eigenvalue weighted by molar-refractivity contribution is -0.145. The summed E-state index contributed by atoms with van der Waals surface area (Å²) in [6, 6.07) is 0. The van der Waals surface area contributed by atoms with E-state index in [-0.39, 0.29) is 24.8 Å². The van der Waals surface area contributed by atoms with Gasteiger partial charge in [0.2, 0.25) is 5.91 Å². The Hall–Kier alpha value is -1.39. The third-order valence-electron chi connectivity index (χ3n) is 5.10. The number of hydrogen-bond donors (Lipinski definition) is 1. The first-order valence-electron chi connectivity index (χ1n) is 11.5. The van der Waals surface area contributed by atoms with Gasteiger partial charge in [0.15, 0.2) is 5.78 Å². The first kappa shape index (κ1) is 26.6. The fourth-order valence-corrected chi connectivity index (χ4v) is 3.36. The van der Waals surface area contributed by atoms with Crippen LogP contribution in [0.4, 0.5) is 0 Å². The van der Waals surface area contributed by atoms with Gasteiger partial charge in [-0.25, -0.2) is 0 Å². The molecule has 0 rings (SSSR count). The van der Waals surface area contributed by atoms with Crippen LogP contribution in [0.1, 0.15) is 117 Å². The first-order valence-corrected chi connectivity index (χ1v) is 11.5. The van der Waals surface area contributed by atoms with E-state index in [9.17, 15) is 14.4 Å². The van der Waals surface area contributed by atoms with Gasteiger partial charge >= 0.3 is 5.97 Å². The number of nitrogens with zero attached hydrogens (tertiary/aromatic N) is 1. The first-order chi connectivity index (χ1) is 13.5. The molecule has 1 N–H and O–H groups in total. The maximum atomic E-state index is 12.3. The van der Waals surface area contributed by atoms with Crippen molar-refractivity contribution in [3.8, 4) is 0 Å². The van der Waals surface area contributed by atoms with E-state index in [4.69, 9.17) is 5.11 Å². The van der Waals surface area contributed by atoms with Crippen LogP contribution in [0.5, 0.6) is 0 Å². The summed E-state index contributed by atoms with van der Waals surface area (Å²) in [5.74, 6) is -1.29. The standard InChI is InChI=1S/C23H43NO4/c1-3-5-7-9-11-13-15-17-21(25)19-24(20-23(27)28)22(26)18-16-14-12-10-8-6-4-2/h3-20H2,1-2H3,(H,27,28). The lowest BCUT2D eigenvalue weighted by Crippen LogP contribution is -2.39. The Kier molecular flexibility index (Phi) is 18.0. The molecule has 0 spiro atoms. The molecular weight excluding hydrogens is 354 g/mol. The van der Waals surface area contributed by atoms with Crippen LogP contribution in [-0.4, -0.2) is 40.8 Å². The van der Waals surface area contributed by atoms with Crippen molar-refractivity contribution in [2.45, 2.75) is 117 Å². The molecule has 28 heavy (non-hydrogen) atoms. The molecule has 0 unspecified atom stereocenters. The van der Waals surface area contributed by atoms with Gasteiger partial charge in [-0.05, 0) is 12.8 Å². The summed E-state index contributed by atoms with van der Waals surface area (Å²) in [4.78, 5) is 36.8. The van der Waals surface area contributed by atoms with Crippen LogP contribution in [0.2, 0.25) is 0 Å². The van der Waals surface area contributed by atoms with Gasteiger partial charge in [0.25, 0.3) is 0 Å². The third kappa shape index (κ3) is 16.8. The molecule has 0 aromatic carbocycles. The topological polar surface area (TPSA) is 74.7 Å². The van der Waals surface area contributed by atoms with E-state index in [0.717, 1.165) is 38.5 Å². The minimum atomic E-state index is -1.06. The van der Waals surface area contributed by atoms with Crippen LogP contribution in [-0.2, 0) is 14.4 Å². The highest BCUT2D eigenvalue weighted by Crippen LogP contribution is 2.11. The van der Waals surface area contributed by atoms with Crippen LogP contribution < -0.4 is 0 Å². The molecule has 0 aromatic rings. The molecule has 0 aromatic heterocycles. The smallest absolute Gasteiger partial charge is 0.323 e. The molecule has 1 amide bonds. The Morgan fingerprint density at radius 2 is 1.04 bits per heavy atom. The number of carbonyl (C=O) groups excluding carboxylic acids is 2. The number of rotatable bonds is 20. The van der Waals surface area contributed by atoms with Crippen LogP contribution >= 0.6 is 0 Å². The van der Waals surface area contributed by atoms with E-state index in [1.54, 1.807) is 0 Å². The molecule has 0 aliphatic heterocycles. The average molecular weight is 398 g/mol. The highest BCUT2D eigenvalue weighted by Gasteiger charge is 2.19. The molecular formula is C23H43NO4. The van der Waals surface area contributed by atoms with Gasteiger partial charge in [-0.1, -0.05) is 90.9 Å². The zero-order chi connectivity index (χ0) is 21.0. The minimum Gasteiger partial charge on any atom is -0.480 e. The largest absolute Gasteiger partial charge is 0.480 e. The summed E-state index contributed by atoms with van der Waals surface area (Å²) in [5.41, 5.74) is 0. The molecule has 0 radical (unpaired) electrons. The fourth-order valence-electron chi connectivity index (χ4n) is 3.36. The Bertz CT molecular complexity index is 423. The average Bonchev–Trinajstić information content (AvgIpc) is 2.65. The van der Waals surface area contributed by atoms with Gasteiger partial charge < -0.3 is 10.0 Å². The number of carbonyl (C=O) groups is 3. The molecule has 164 valence electrons. The SMILES string of the molecule is CCCCCCCCCC(=O)CN(CC(=O)O)C(=O)CCCCCCCCC. The second kappa shape index (κ2) is 18.9. The van der Waals surface area contributed by atoms with E-state index in [0.29, 0.717) is 12.8 Å². The van der Waals surface area contributed by atoms with Crippen molar-refractivity contribution in [1.82, 2.24) is 4.90 Å². The van der Waals surface area contributed by atoms with E-state index in [1.165, 1.54) is 56.3 Å². The van der Waals surface area contributed by atoms with E-state index in [2.05, 4.69) is 13.8 Å². The Labute approximate surface area is 172 Å². The number of carboxylic acids is 1. The Balaban J connectivity index is 4.04. The predicted molar refractivity (Wildman–Crippen MR) is 114 cm³/mol. The molecule has 5 heteroatoms. The van der Waals surface area contributed by atoms with Crippen molar-refractivity contribution in [2.24, 2.45) is 0 Å². The van der Waals surface area contributed by atoms with Crippen molar-refractivity contribution in [3.63, 3.8) is 0 Å². The summed E-state index contributed by atoms with van der Waals surface area (Å²) in [7, 11) is 0. The molecule has 5 nitrogen and oxygen atoms in total. The number of amides is 1. The summed E-state index contributed by atoms with van der Waals surface area (Å²) >= 11 is 0. The van der Waals surface area contributed by atoms with Gasteiger partial charge in [-0.15, -0.1) is 0 Å². The highest BCUT2D eigenvalue weighted by atomic mass is 16.4. The molecule has 0 fully saturated rings. The lowest BCUT2D eigenvalue weighted by atomic mass is 10.1. The molecule has 0 bridgehead atoms.